The zero-order chi connectivity index (χ0) is 22.8. The van der Waals surface area contributed by atoms with Crippen LogP contribution in [0.15, 0.2) is 47.0 Å². The summed E-state index contributed by atoms with van der Waals surface area (Å²) >= 11 is 0. The van der Waals surface area contributed by atoms with Crippen molar-refractivity contribution in [2.24, 2.45) is 0 Å². The number of carbonyl (C=O) groups is 1. The van der Waals surface area contributed by atoms with Crippen molar-refractivity contribution in [2.75, 3.05) is 5.32 Å². The molecule has 0 saturated heterocycles. The second-order valence-corrected chi connectivity index (χ2v) is 6.64. The molecule has 0 aliphatic rings. The first-order valence-electron chi connectivity index (χ1n) is 8.91. The van der Waals surface area contributed by atoms with Crippen LogP contribution in [0, 0.1) is 6.92 Å². The van der Waals surface area contributed by atoms with Gasteiger partial charge in [-0.2, -0.15) is 31.3 Å². The number of carbonyl (C=O) groups excluding carboxylic acids is 1. The fourth-order valence-corrected chi connectivity index (χ4v) is 2.80. The van der Waals surface area contributed by atoms with Crippen LogP contribution >= 0.6 is 0 Å². The average Bonchev–Trinajstić information content (AvgIpc) is 3.11. The summed E-state index contributed by atoms with van der Waals surface area (Å²) in [5, 5.41) is 5.85. The van der Waals surface area contributed by atoms with Crippen molar-refractivity contribution >= 4 is 11.6 Å². The number of nitrogens with zero attached hydrogens (tertiary/aromatic N) is 2. The molecule has 0 spiro atoms. The Kier molecular flexibility index (Phi) is 6.05. The molecule has 0 bridgehead atoms. The lowest BCUT2D eigenvalue weighted by Gasteiger charge is -2.13. The smallest absolute Gasteiger partial charge is 0.339 e. The summed E-state index contributed by atoms with van der Waals surface area (Å²) in [6.45, 7) is 1.44. The molecule has 1 aromatic heterocycles. The lowest BCUT2D eigenvalue weighted by molar-refractivity contribution is -0.138. The average molecular weight is 443 g/mol. The zero-order valence-corrected chi connectivity index (χ0v) is 15.9. The van der Waals surface area contributed by atoms with Gasteiger partial charge in [-0.1, -0.05) is 17.3 Å². The lowest BCUT2D eigenvalue weighted by Crippen LogP contribution is -2.14. The number of alkyl halides is 6. The second-order valence-electron chi connectivity index (χ2n) is 6.64. The highest BCUT2D eigenvalue weighted by Crippen LogP contribution is 2.37. The molecule has 164 valence electrons. The van der Waals surface area contributed by atoms with Gasteiger partial charge in [-0.05, 0) is 42.3 Å². The Bertz CT molecular complexity index is 1070. The minimum absolute atomic E-state index is 0.0892. The SMILES string of the molecule is Cc1nc(-c2ccc(NC(=O)CCc3ccc(C(F)(F)F)cc3)cc2C(F)(F)F)no1. The molecule has 5 nitrogen and oxygen atoms in total. The number of hydrogen-bond donors (Lipinski definition) is 1. The summed E-state index contributed by atoms with van der Waals surface area (Å²) in [7, 11) is 0. The quantitative estimate of drug-likeness (QED) is 0.517. The molecule has 0 unspecified atom stereocenters. The van der Waals surface area contributed by atoms with Crippen LogP contribution in [-0.4, -0.2) is 16.0 Å². The summed E-state index contributed by atoms with van der Waals surface area (Å²) in [6, 6.07) is 7.46. The number of aryl methyl sites for hydroxylation is 2. The maximum absolute atomic E-state index is 13.5. The van der Waals surface area contributed by atoms with Crippen molar-refractivity contribution in [2.45, 2.75) is 32.1 Å². The van der Waals surface area contributed by atoms with E-state index in [9.17, 15) is 31.1 Å². The first-order valence-corrected chi connectivity index (χ1v) is 8.91. The molecule has 0 atom stereocenters. The van der Waals surface area contributed by atoms with Gasteiger partial charge in [0.15, 0.2) is 0 Å². The van der Waals surface area contributed by atoms with Crippen LogP contribution in [0.1, 0.15) is 29.0 Å². The molecule has 0 aliphatic heterocycles. The van der Waals surface area contributed by atoms with E-state index in [2.05, 4.69) is 15.5 Å². The molecule has 0 saturated carbocycles. The fourth-order valence-electron chi connectivity index (χ4n) is 2.80. The molecule has 1 amide bonds. The van der Waals surface area contributed by atoms with E-state index in [-0.39, 0.29) is 35.8 Å². The molecule has 1 N–H and O–H groups in total. The van der Waals surface area contributed by atoms with Crippen molar-refractivity contribution < 1.29 is 35.7 Å². The number of nitrogens with one attached hydrogen (secondary N) is 1. The number of anilines is 1. The van der Waals surface area contributed by atoms with E-state index in [4.69, 9.17) is 4.52 Å². The van der Waals surface area contributed by atoms with Gasteiger partial charge in [0.2, 0.25) is 17.6 Å². The van der Waals surface area contributed by atoms with Crippen molar-refractivity contribution in [3.05, 3.63) is 65.0 Å². The van der Waals surface area contributed by atoms with Crippen molar-refractivity contribution in [1.29, 1.82) is 0 Å². The maximum atomic E-state index is 13.5. The van der Waals surface area contributed by atoms with E-state index in [0.717, 1.165) is 24.3 Å². The highest BCUT2D eigenvalue weighted by atomic mass is 19.4. The van der Waals surface area contributed by atoms with Gasteiger partial charge >= 0.3 is 12.4 Å². The Hall–Kier alpha value is -3.37. The maximum Gasteiger partial charge on any atom is 0.417 e. The molecule has 1 heterocycles. The Labute approximate surface area is 172 Å². The van der Waals surface area contributed by atoms with Gasteiger partial charge in [0, 0.05) is 24.6 Å². The van der Waals surface area contributed by atoms with E-state index in [1.807, 2.05) is 0 Å². The third-order valence-corrected chi connectivity index (χ3v) is 4.30. The van der Waals surface area contributed by atoms with Gasteiger partial charge in [-0.3, -0.25) is 4.79 Å². The van der Waals surface area contributed by atoms with Gasteiger partial charge in [-0.15, -0.1) is 0 Å². The Balaban J connectivity index is 1.70. The van der Waals surface area contributed by atoms with Crippen LogP contribution in [-0.2, 0) is 23.6 Å². The molecule has 3 aromatic rings. The molecule has 31 heavy (non-hydrogen) atoms. The van der Waals surface area contributed by atoms with Gasteiger partial charge < -0.3 is 9.84 Å². The number of benzene rings is 2. The van der Waals surface area contributed by atoms with Gasteiger partial charge in [0.1, 0.15) is 0 Å². The topological polar surface area (TPSA) is 68.0 Å². The molecular formula is C20H15F6N3O2. The standard InChI is InChI=1S/C20H15F6N3O2/c1-11-27-18(29-31-11)15-8-7-14(10-16(15)20(24,25)26)28-17(30)9-4-12-2-5-13(6-3-12)19(21,22)23/h2-3,5-8,10H,4,9H2,1H3,(H,28,30). The number of hydrogen-bond acceptors (Lipinski definition) is 4. The molecule has 0 aliphatic carbocycles. The van der Waals surface area contributed by atoms with Crippen LogP contribution in [0.3, 0.4) is 0 Å². The van der Waals surface area contributed by atoms with Crippen LogP contribution in [0.2, 0.25) is 0 Å². The summed E-state index contributed by atoms with van der Waals surface area (Å²) in [5.41, 5.74) is -1.76. The number of halogens is 6. The normalized spacial score (nSPS) is 12.1. The minimum Gasteiger partial charge on any atom is -0.339 e. The first-order chi connectivity index (χ1) is 14.4. The van der Waals surface area contributed by atoms with Crippen LogP contribution < -0.4 is 5.32 Å². The summed E-state index contributed by atoms with van der Waals surface area (Å²) in [5.74, 6) is -0.718. The van der Waals surface area contributed by atoms with Crippen molar-refractivity contribution in [1.82, 2.24) is 10.1 Å². The first kappa shape index (κ1) is 22.3. The van der Waals surface area contributed by atoms with E-state index in [1.165, 1.54) is 25.1 Å². The third kappa shape index (κ3) is 5.62. The Morgan fingerprint density at radius 1 is 1.00 bits per heavy atom. The number of amides is 1. The summed E-state index contributed by atoms with van der Waals surface area (Å²) < 4.78 is 82.8. The van der Waals surface area contributed by atoms with E-state index < -0.39 is 29.4 Å². The predicted octanol–water partition coefficient (Wildman–Crippen LogP) is 5.65. The second kappa shape index (κ2) is 8.40. The van der Waals surface area contributed by atoms with E-state index in [1.54, 1.807) is 0 Å². The highest BCUT2D eigenvalue weighted by molar-refractivity contribution is 5.91. The third-order valence-electron chi connectivity index (χ3n) is 4.30. The number of aromatic nitrogens is 2. The van der Waals surface area contributed by atoms with Crippen LogP contribution in [0.5, 0.6) is 0 Å². The van der Waals surface area contributed by atoms with Gasteiger partial charge in [0.25, 0.3) is 0 Å². The molecule has 2 aromatic carbocycles. The summed E-state index contributed by atoms with van der Waals surface area (Å²) in [6.07, 6.45) is -9.20. The number of rotatable bonds is 5. The van der Waals surface area contributed by atoms with Crippen molar-refractivity contribution in [3.8, 4) is 11.4 Å². The predicted molar refractivity (Wildman–Crippen MR) is 97.9 cm³/mol. The lowest BCUT2D eigenvalue weighted by atomic mass is 10.0. The fraction of sp³-hybridized carbons (Fsp3) is 0.250. The molecule has 0 radical (unpaired) electrons. The largest absolute Gasteiger partial charge is 0.417 e. The molecular weight excluding hydrogens is 428 g/mol. The van der Waals surface area contributed by atoms with Crippen molar-refractivity contribution in [3.63, 3.8) is 0 Å². The molecule has 3 rings (SSSR count). The Morgan fingerprint density at radius 2 is 1.68 bits per heavy atom. The van der Waals surface area contributed by atoms with Gasteiger partial charge in [0.05, 0.1) is 11.1 Å². The highest BCUT2D eigenvalue weighted by Gasteiger charge is 2.35. The van der Waals surface area contributed by atoms with Gasteiger partial charge in [-0.25, -0.2) is 0 Å². The zero-order valence-electron chi connectivity index (χ0n) is 15.9. The van der Waals surface area contributed by atoms with E-state index in [0.29, 0.717) is 5.56 Å². The van der Waals surface area contributed by atoms with Crippen LogP contribution in [0.4, 0.5) is 32.0 Å². The molecule has 0 fully saturated rings. The van der Waals surface area contributed by atoms with E-state index >= 15 is 0 Å². The van der Waals surface area contributed by atoms with Crippen LogP contribution in [0.25, 0.3) is 11.4 Å². The Morgan fingerprint density at radius 3 is 2.23 bits per heavy atom. The minimum atomic E-state index is -4.73. The molecule has 11 heteroatoms. The monoisotopic (exact) mass is 443 g/mol. The summed E-state index contributed by atoms with van der Waals surface area (Å²) in [4.78, 5) is 15.9.